The molecule has 0 aliphatic carbocycles. The number of ether oxygens (including phenoxy) is 1. The van der Waals surface area contributed by atoms with E-state index in [0.29, 0.717) is 37.9 Å². The molecule has 2 saturated heterocycles. The van der Waals surface area contributed by atoms with Crippen LogP contribution in [0.5, 0.6) is 0 Å². The maximum Gasteiger partial charge on any atom is 0.277 e. The Hall–Kier alpha value is -3.60. The van der Waals surface area contributed by atoms with Crippen molar-refractivity contribution in [2.24, 2.45) is 0 Å². The number of halogens is 1. The van der Waals surface area contributed by atoms with E-state index >= 15 is 0 Å². The molecular formula is C30H30FN3O5S. The van der Waals surface area contributed by atoms with Crippen molar-refractivity contribution in [2.45, 2.75) is 36.8 Å². The number of sulfonamides is 1. The largest absolute Gasteiger partial charge is 0.443 e. The van der Waals surface area contributed by atoms with Crippen LogP contribution in [-0.2, 0) is 26.0 Å². The summed E-state index contributed by atoms with van der Waals surface area (Å²) in [6, 6.07) is 16.5. The lowest BCUT2D eigenvalue weighted by Crippen LogP contribution is -2.40. The normalized spacial score (nSPS) is 18.4. The van der Waals surface area contributed by atoms with Gasteiger partial charge in [-0.05, 0) is 60.7 Å². The molecule has 0 bridgehead atoms. The number of Topliss-reactive ketones (excluding diaryl/α,β-unsaturated/α-hetero) is 1. The number of nitrogens with zero attached hydrogens (tertiary/aromatic N) is 3. The highest BCUT2D eigenvalue weighted by Crippen LogP contribution is 2.31. The number of furan rings is 1. The zero-order valence-corrected chi connectivity index (χ0v) is 22.8. The third kappa shape index (κ3) is 5.39. The van der Waals surface area contributed by atoms with Gasteiger partial charge >= 0.3 is 0 Å². The first-order chi connectivity index (χ1) is 19.4. The average Bonchev–Trinajstić information content (AvgIpc) is 3.65. The summed E-state index contributed by atoms with van der Waals surface area (Å²) in [4.78, 5) is 20.1. The van der Waals surface area contributed by atoms with Crippen LogP contribution in [0.3, 0.4) is 0 Å². The third-order valence-electron chi connectivity index (χ3n) is 7.60. The number of pyridine rings is 1. The second-order valence-electron chi connectivity index (χ2n) is 10.2. The molecule has 4 aromatic rings. The van der Waals surface area contributed by atoms with Crippen LogP contribution >= 0.6 is 0 Å². The first-order valence-electron chi connectivity index (χ1n) is 13.5. The first-order valence-corrected chi connectivity index (χ1v) is 14.9. The van der Waals surface area contributed by atoms with Gasteiger partial charge in [-0.2, -0.15) is 4.31 Å². The molecule has 2 aromatic carbocycles. The summed E-state index contributed by atoms with van der Waals surface area (Å²) in [5.74, 6) is 0.335. The standard InChI is InChI=1S/C30H30FN3O5S/c31-25-8-10-28-24(18-25)19-30(39-28)40(36,37)34-12-2-5-26(34)27(35)9-6-21-3-1-4-22(17-21)23-7-11-29(32-20-23)33-13-15-38-16-14-33/h1,3-4,7-8,10-11,17-20,26H,2,5-6,9,12-16H2. The fourth-order valence-corrected chi connectivity index (χ4v) is 7.09. The van der Waals surface area contributed by atoms with Gasteiger partial charge in [0.25, 0.3) is 10.0 Å². The molecule has 6 rings (SSSR count). The molecule has 10 heteroatoms. The SMILES string of the molecule is O=C(CCc1cccc(-c2ccc(N3CCOCC3)nc2)c1)C1CCCN1S(=O)(=O)c1cc2cc(F)ccc2o1. The number of morpholine rings is 1. The molecule has 2 fully saturated rings. The number of carbonyl (C=O) groups excluding carboxylic acids is 1. The highest BCUT2D eigenvalue weighted by atomic mass is 32.2. The minimum atomic E-state index is -4.04. The van der Waals surface area contributed by atoms with Crippen LogP contribution in [-0.4, -0.2) is 62.4 Å². The van der Waals surface area contributed by atoms with Crippen LogP contribution in [0.1, 0.15) is 24.8 Å². The van der Waals surface area contributed by atoms with E-state index in [1.807, 2.05) is 30.5 Å². The molecule has 40 heavy (non-hydrogen) atoms. The van der Waals surface area contributed by atoms with Gasteiger partial charge < -0.3 is 14.1 Å². The number of hydrogen-bond donors (Lipinski definition) is 0. The molecule has 2 aliphatic heterocycles. The van der Waals surface area contributed by atoms with Crippen LogP contribution in [0.2, 0.25) is 0 Å². The Labute approximate surface area is 232 Å². The summed E-state index contributed by atoms with van der Waals surface area (Å²) in [5.41, 5.74) is 3.28. The molecular weight excluding hydrogens is 533 g/mol. The predicted octanol–water partition coefficient (Wildman–Crippen LogP) is 4.83. The van der Waals surface area contributed by atoms with E-state index in [9.17, 15) is 17.6 Å². The van der Waals surface area contributed by atoms with Crippen LogP contribution in [0.4, 0.5) is 10.2 Å². The highest BCUT2D eigenvalue weighted by molar-refractivity contribution is 7.89. The lowest BCUT2D eigenvalue weighted by Gasteiger charge is -2.27. The van der Waals surface area contributed by atoms with Crippen molar-refractivity contribution in [3.63, 3.8) is 0 Å². The number of benzene rings is 2. The van der Waals surface area contributed by atoms with Gasteiger partial charge in [0.1, 0.15) is 17.2 Å². The van der Waals surface area contributed by atoms with E-state index in [1.165, 1.54) is 28.6 Å². The molecule has 2 aliphatic rings. The molecule has 4 heterocycles. The molecule has 1 unspecified atom stereocenters. The molecule has 2 aromatic heterocycles. The zero-order valence-electron chi connectivity index (χ0n) is 22.0. The van der Waals surface area contributed by atoms with Crippen molar-refractivity contribution >= 4 is 32.6 Å². The molecule has 0 amide bonds. The average molecular weight is 564 g/mol. The van der Waals surface area contributed by atoms with Gasteiger partial charge in [-0.3, -0.25) is 4.79 Å². The fourth-order valence-electron chi connectivity index (χ4n) is 5.46. The summed E-state index contributed by atoms with van der Waals surface area (Å²) >= 11 is 0. The number of rotatable bonds is 8. The monoisotopic (exact) mass is 563 g/mol. The van der Waals surface area contributed by atoms with Crippen LogP contribution < -0.4 is 4.90 Å². The van der Waals surface area contributed by atoms with Crippen molar-refractivity contribution < 1.29 is 26.8 Å². The summed E-state index contributed by atoms with van der Waals surface area (Å²) in [7, 11) is -4.04. The van der Waals surface area contributed by atoms with Crippen LogP contribution in [0.15, 0.2) is 76.4 Å². The van der Waals surface area contributed by atoms with E-state index in [-0.39, 0.29) is 29.4 Å². The number of hydrogen-bond acceptors (Lipinski definition) is 7. The lowest BCUT2D eigenvalue weighted by atomic mass is 9.99. The number of carbonyl (C=O) groups is 1. The van der Waals surface area contributed by atoms with Gasteiger partial charge in [-0.15, -0.1) is 0 Å². The second-order valence-corrected chi connectivity index (χ2v) is 12.0. The Morgan fingerprint density at radius 3 is 2.65 bits per heavy atom. The Kier molecular flexibility index (Phi) is 7.39. The Balaban J connectivity index is 1.12. The summed E-state index contributed by atoms with van der Waals surface area (Å²) in [6.07, 6.45) is 3.64. The molecule has 0 saturated carbocycles. The Morgan fingerprint density at radius 1 is 1.00 bits per heavy atom. The van der Waals surface area contributed by atoms with Crippen molar-refractivity contribution in [3.05, 3.63) is 78.2 Å². The van der Waals surface area contributed by atoms with Crippen molar-refractivity contribution in [1.82, 2.24) is 9.29 Å². The zero-order chi connectivity index (χ0) is 27.7. The van der Waals surface area contributed by atoms with Gasteiger partial charge in [0.2, 0.25) is 5.09 Å². The van der Waals surface area contributed by atoms with E-state index in [4.69, 9.17) is 9.15 Å². The van der Waals surface area contributed by atoms with E-state index in [2.05, 4.69) is 22.0 Å². The van der Waals surface area contributed by atoms with Crippen molar-refractivity contribution in [3.8, 4) is 11.1 Å². The van der Waals surface area contributed by atoms with Gasteiger partial charge in [-0.25, -0.2) is 17.8 Å². The van der Waals surface area contributed by atoms with Gasteiger partial charge in [0.15, 0.2) is 5.78 Å². The summed E-state index contributed by atoms with van der Waals surface area (Å²) < 4.78 is 52.5. The quantitative estimate of drug-likeness (QED) is 0.303. The maximum absolute atomic E-state index is 13.6. The minimum Gasteiger partial charge on any atom is -0.443 e. The van der Waals surface area contributed by atoms with Gasteiger partial charge in [0, 0.05) is 49.3 Å². The topological polar surface area (TPSA) is 93.0 Å². The van der Waals surface area contributed by atoms with Gasteiger partial charge in [-0.1, -0.05) is 24.3 Å². The Bertz CT molecular complexity index is 1630. The highest BCUT2D eigenvalue weighted by Gasteiger charge is 2.40. The molecule has 0 spiro atoms. The minimum absolute atomic E-state index is 0.120. The molecule has 0 N–H and O–H groups in total. The summed E-state index contributed by atoms with van der Waals surface area (Å²) in [5, 5.41) is 0.0974. The Morgan fingerprint density at radius 2 is 1.85 bits per heavy atom. The molecule has 1 atom stereocenters. The number of aromatic nitrogens is 1. The van der Waals surface area contributed by atoms with Crippen LogP contribution in [0.25, 0.3) is 22.1 Å². The number of aryl methyl sites for hydroxylation is 1. The summed E-state index contributed by atoms with van der Waals surface area (Å²) in [6.45, 7) is 3.31. The van der Waals surface area contributed by atoms with E-state index in [0.717, 1.165) is 35.6 Å². The molecule has 8 nitrogen and oxygen atoms in total. The van der Waals surface area contributed by atoms with Crippen molar-refractivity contribution in [2.75, 3.05) is 37.7 Å². The smallest absolute Gasteiger partial charge is 0.277 e. The van der Waals surface area contributed by atoms with E-state index < -0.39 is 21.9 Å². The third-order valence-corrected chi connectivity index (χ3v) is 9.36. The lowest BCUT2D eigenvalue weighted by molar-refractivity contribution is -0.122. The number of fused-ring (bicyclic) bond motifs is 1. The second kappa shape index (κ2) is 11.1. The predicted molar refractivity (Wildman–Crippen MR) is 149 cm³/mol. The number of ketones is 1. The fraction of sp³-hybridized carbons (Fsp3) is 0.333. The number of anilines is 1. The van der Waals surface area contributed by atoms with Crippen LogP contribution in [0, 0.1) is 5.82 Å². The maximum atomic E-state index is 13.6. The molecule has 0 radical (unpaired) electrons. The first kappa shape index (κ1) is 26.6. The van der Waals surface area contributed by atoms with Crippen molar-refractivity contribution in [1.29, 1.82) is 0 Å². The van der Waals surface area contributed by atoms with E-state index in [1.54, 1.807) is 0 Å². The van der Waals surface area contributed by atoms with Gasteiger partial charge in [0.05, 0.1) is 19.3 Å². The molecule has 208 valence electrons.